The molecule has 4 heteroatoms. The van der Waals surface area contributed by atoms with Gasteiger partial charge in [0, 0.05) is 18.2 Å². The summed E-state index contributed by atoms with van der Waals surface area (Å²) in [5.41, 5.74) is 3.44. The molecular formula is C15H23N3O. The normalized spacial score (nSPS) is 16.3. The third-order valence-electron chi connectivity index (χ3n) is 3.67. The summed E-state index contributed by atoms with van der Waals surface area (Å²) in [6.45, 7) is 4.71. The number of hydrogen-bond acceptors (Lipinski definition) is 3. The van der Waals surface area contributed by atoms with Gasteiger partial charge in [0.05, 0.1) is 0 Å². The van der Waals surface area contributed by atoms with E-state index in [-0.39, 0.29) is 11.9 Å². The monoisotopic (exact) mass is 261 g/mol. The summed E-state index contributed by atoms with van der Waals surface area (Å²) in [6, 6.07) is 6.36. The lowest BCUT2D eigenvalue weighted by Crippen LogP contribution is -2.37. The minimum atomic E-state index is 0.0158. The van der Waals surface area contributed by atoms with Crippen LogP contribution in [0.5, 0.6) is 0 Å². The molecule has 0 aromatic heterocycles. The lowest BCUT2D eigenvalue weighted by atomic mass is 10.00. The Morgan fingerprint density at radius 3 is 2.79 bits per heavy atom. The number of fused-ring (bicyclic) bond motifs is 1. The highest BCUT2D eigenvalue weighted by Gasteiger charge is 2.12. The molecule has 0 radical (unpaired) electrons. The Morgan fingerprint density at radius 2 is 2.05 bits per heavy atom. The Bertz CT molecular complexity index is 445. The van der Waals surface area contributed by atoms with Crippen molar-refractivity contribution in [1.82, 2.24) is 16.0 Å². The fourth-order valence-electron chi connectivity index (χ4n) is 2.26. The van der Waals surface area contributed by atoms with Crippen LogP contribution in [0.3, 0.4) is 0 Å². The number of carbonyl (C=O) groups is 1. The van der Waals surface area contributed by atoms with Gasteiger partial charge in [-0.2, -0.15) is 0 Å². The Balaban J connectivity index is 2.04. The van der Waals surface area contributed by atoms with Gasteiger partial charge in [-0.3, -0.25) is 4.79 Å². The maximum atomic E-state index is 12.1. The van der Waals surface area contributed by atoms with Crippen LogP contribution in [0, 0.1) is 0 Å². The van der Waals surface area contributed by atoms with Crippen LogP contribution in [0.25, 0.3) is 0 Å². The second kappa shape index (κ2) is 6.68. The fraction of sp³-hybridized carbons (Fsp3) is 0.533. The van der Waals surface area contributed by atoms with Crippen LogP contribution in [0.2, 0.25) is 0 Å². The van der Waals surface area contributed by atoms with E-state index in [4.69, 9.17) is 0 Å². The second-order valence-electron chi connectivity index (χ2n) is 5.13. The molecule has 104 valence electrons. The molecule has 2 rings (SSSR count). The Kier molecular flexibility index (Phi) is 4.93. The summed E-state index contributed by atoms with van der Waals surface area (Å²) in [4.78, 5) is 12.1. The average molecular weight is 261 g/mol. The van der Waals surface area contributed by atoms with Crippen molar-refractivity contribution in [2.75, 3.05) is 26.7 Å². The summed E-state index contributed by atoms with van der Waals surface area (Å²) < 4.78 is 0. The highest BCUT2D eigenvalue weighted by Crippen LogP contribution is 2.15. The van der Waals surface area contributed by atoms with E-state index < -0.39 is 0 Å². The van der Waals surface area contributed by atoms with Gasteiger partial charge in [-0.15, -0.1) is 0 Å². The molecule has 0 saturated heterocycles. The summed E-state index contributed by atoms with van der Waals surface area (Å²) >= 11 is 0. The first-order valence-corrected chi connectivity index (χ1v) is 6.98. The van der Waals surface area contributed by atoms with Crippen molar-refractivity contribution in [2.24, 2.45) is 0 Å². The smallest absolute Gasteiger partial charge is 0.251 e. The summed E-state index contributed by atoms with van der Waals surface area (Å²) in [5.74, 6) is 0.0158. The molecule has 1 heterocycles. The lowest BCUT2D eigenvalue weighted by molar-refractivity contribution is 0.0950. The molecule has 1 aromatic rings. The van der Waals surface area contributed by atoms with Gasteiger partial charge in [-0.05, 0) is 63.2 Å². The van der Waals surface area contributed by atoms with E-state index in [1.807, 2.05) is 26.1 Å². The van der Waals surface area contributed by atoms with Crippen molar-refractivity contribution >= 4 is 5.91 Å². The van der Waals surface area contributed by atoms with E-state index in [1.54, 1.807) is 0 Å². The van der Waals surface area contributed by atoms with Crippen LogP contribution in [-0.4, -0.2) is 38.6 Å². The molecule has 1 unspecified atom stereocenters. The SMILES string of the molecule is CNC(C)CNC(=O)c1ccc2c(c1)CCNCC2. The molecule has 1 aromatic carbocycles. The molecule has 1 aliphatic heterocycles. The van der Waals surface area contributed by atoms with Crippen LogP contribution < -0.4 is 16.0 Å². The van der Waals surface area contributed by atoms with Crippen LogP contribution in [-0.2, 0) is 12.8 Å². The maximum Gasteiger partial charge on any atom is 0.251 e. The van der Waals surface area contributed by atoms with Gasteiger partial charge in [0.25, 0.3) is 5.91 Å². The van der Waals surface area contributed by atoms with E-state index in [2.05, 4.69) is 22.0 Å². The molecule has 1 aliphatic rings. The number of carbonyl (C=O) groups excluding carboxylic acids is 1. The summed E-state index contributed by atoms with van der Waals surface area (Å²) in [5, 5.41) is 9.44. The molecule has 4 nitrogen and oxygen atoms in total. The van der Waals surface area contributed by atoms with Gasteiger partial charge in [0.15, 0.2) is 0 Å². The maximum absolute atomic E-state index is 12.1. The number of hydrogen-bond donors (Lipinski definition) is 3. The standard InChI is InChI=1S/C15H23N3O/c1-11(16-2)10-18-15(19)14-4-3-12-5-7-17-8-6-13(12)9-14/h3-4,9,11,16-17H,5-8,10H2,1-2H3,(H,18,19). The molecule has 3 N–H and O–H groups in total. The molecule has 0 aliphatic carbocycles. The predicted molar refractivity (Wildman–Crippen MR) is 77.6 cm³/mol. The number of likely N-dealkylation sites (N-methyl/N-ethyl adjacent to an activating group) is 1. The van der Waals surface area contributed by atoms with Gasteiger partial charge in [-0.1, -0.05) is 6.07 Å². The molecule has 0 bridgehead atoms. The zero-order valence-electron chi connectivity index (χ0n) is 11.8. The summed E-state index contributed by atoms with van der Waals surface area (Å²) in [6.07, 6.45) is 2.05. The first kappa shape index (κ1) is 14.0. The average Bonchev–Trinajstić information content (AvgIpc) is 2.68. The van der Waals surface area contributed by atoms with Crippen molar-refractivity contribution in [3.63, 3.8) is 0 Å². The van der Waals surface area contributed by atoms with Crippen LogP contribution in [0.1, 0.15) is 28.4 Å². The van der Waals surface area contributed by atoms with E-state index in [1.165, 1.54) is 11.1 Å². The number of rotatable bonds is 4. The van der Waals surface area contributed by atoms with Crippen molar-refractivity contribution in [3.05, 3.63) is 34.9 Å². The third-order valence-corrected chi connectivity index (χ3v) is 3.67. The molecule has 0 saturated carbocycles. The van der Waals surface area contributed by atoms with Gasteiger partial charge in [-0.25, -0.2) is 0 Å². The Labute approximate surface area is 115 Å². The van der Waals surface area contributed by atoms with Crippen molar-refractivity contribution in [3.8, 4) is 0 Å². The number of nitrogens with one attached hydrogen (secondary N) is 3. The van der Waals surface area contributed by atoms with Crippen molar-refractivity contribution in [1.29, 1.82) is 0 Å². The summed E-state index contributed by atoms with van der Waals surface area (Å²) in [7, 11) is 1.90. The van der Waals surface area contributed by atoms with E-state index in [0.29, 0.717) is 6.54 Å². The Morgan fingerprint density at radius 1 is 1.32 bits per heavy atom. The molecule has 1 atom stereocenters. The van der Waals surface area contributed by atoms with E-state index in [9.17, 15) is 4.79 Å². The van der Waals surface area contributed by atoms with E-state index >= 15 is 0 Å². The van der Waals surface area contributed by atoms with Gasteiger partial charge < -0.3 is 16.0 Å². The molecule has 0 spiro atoms. The lowest BCUT2D eigenvalue weighted by Gasteiger charge is -2.12. The van der Waals surface area contributed by atoms with Crippen LogP contribution in [0.4, 0.5) is 0 Å². The highest BCUT2D eigenvalue weighted by molar-refractivity contribution is 5.94. The van der Waals surface area contributed by atoms with Crippen molar-refractivity contribution in [2.45, 2.75) is 25.8 Å². The topological polar surface area (TPSA) is 53.2 Å². The van der Waals surface area contributed by atoms with Crippen LogP contribution in [0.15, 0.2) is 18.2 Å². The fourth-order valence-corrected chi connectivity index (χ4v) is 2.26. The highest BCUT2D eigenvalue weighted by atomic mass is 16.1. The predicted octanol–water partition coefficient (Wildman–Crippen LogP) is 0.713. The van der Waals surface area contributed by atoms with Gasteiger partial charge >= 0.3 is 0 Å². The quantitative estimate of drug-likeness (QED) is 0.748. The molecule has 0 fully saturated rings. The number of benzene rings is 1. The third kappa shape index (κ3) is 3.78. The molecule has 19 heavy (non-hydrogen) atoms. The second-order valence-corrected chi connectivity index (χ2v) is 5.13. The largest absolute Gasteiger partial charge is 0.350 e. The number of amides is 1. The van der Waals surface area contributed by atoms with Gasteiger partial charge in [0.2, 0.25) is 0 Å². The minimum absolute atomic E-state index is 0.0158. The zero-order chi connectivity index (χ0) is 13.7. The molecular weight excluding hydrogens is 238 g/mol. The van der Waals surface area contributed by atoms with Gasteiger partial charge in [0.1, 0.15) is 0 Å². The first-order chi connectivity index (χ1) is 9.20. The first-order valence-electron chi connectivity index (χ1n) is 6.98. The van der Waals surface area contributed by atoms with Crippen LogP contribution >= 0.6 is 0 Å². The Hall–Kier alpha value is -1.39. The zero-order valence-corrected chi connectivity index (χ0v) is 11.8. The minimum Gasteiger partial charge on any atom is -0.350 e. The molecule has 1 amide bonds. The van der Waals surface area contributed by atoms with E-state index in [0.717, 1.165) is 31.5 Å². The van der Waals surface area contributed by atoms with Crippen molar-refractivity contribution < 1.29 is 4.79 Å².